The number of carboxylic acids is 1. The Morgan fingerprint density at radius 2 is 1.38 bits per heavy atom. The maximum Gasteiger partial charge on any atom is 0.513 e. The molecule has 1 rings (SSSR count). The fraction of sp³-hybridized carbons (Fsp3) is 0.667. The van der Waals surface area contributed by atoms with Gasteiger partial charge in [-0.3, -0.25) is 4.79 Å². The Balaban J connectivity index is 3.30. The second-order valence-corrected chi connectivity index (χ2v) is 11.2. The van der Waals surface area contributed by atoms with Crippen molar-refractivity contribution in [3.63, 3.8) is 0 Å². The molecular formula is C30H47NO11. The number of carboxylic acid groups (broad SMARTS) is 1. The minimum absolute atomic E-state index is 0.00975. The van der Waals surface area contributed by atoms with Crippen LogP contribution >= 0.6 is 0 Å². The summed E-state index contributed by atoms with van der Waals surface area (Å²) in [5.74, 6) is -2.36. The third-order valence-corrected chi connectivity index (χ3v) is 6.96. The van der Waals surface area contributed by atoms with Crippen molar-refractivity contribution >= 4 is 24.4 Å². The Kier molecular flexibility index (Phi) is 15.1. The smallest absolute Gasteiger partial charge is 0.480 e. The van der Waals surface area contributed by atoms with Crippen LogP contribution in [-0.4, -0.2) is 60.5 Å². The number of carbonyl (C=O) groups is 4. The number of hydrogen-bond acceptors (Lipinski definition) is 11. The van der Waals surface area contributed by atoms with Crippen LogP contribution < -0.4 is 15.2 Å². The van der Waals surface area contributed by atoms with E-state index in [1.54, 1.807) is 20.8 Å². The zero-order valence-electron chi connectivity index (χ0n) is 26.0. The van der Waals surface area contributed by atoms with Crippen LogP contribution in [0.15, 0.2) is 18.2 Å². The molecule has 1 aromatic carbocycles. The van der Waals surface area contributed by atoms with Gasteiger partial charge in [0, 0.05) is 5.92 Å². The summed E-state index contributed by atoms with van der Waals surface area (Å²) in [7, 11) is 0. The van der Waals surface area contributed by atoms with Crippen LogP contribution in [0.1, 0.15) is 92.6 Å². The summed E-state index contributed by atoms with van der Waals surface area (Å²) in [6.45, 7) is 14.9. The highest BCUT2D eigenvalue weighted by atomic mass is 16.7. The molecule has 0 aromatic heterocycles. The summed E-state index contributed by atoms with van der Waals surface area (Å²) < 4.78 is 31.7. The maximum absolute atomic E-state index is 12.5. The zero-order chi connectivity index (χ0) is 32.0. The van der Waals surface area contributed by atoms with Gasteiger partial charge in [0.25, 0.3) is 0 Å². The van der Waals surface area contributed by atoms with Crippen molar-refractivity contribution in [1.29, 1.82) is 0 Å². The summed E-state index contributed by atoms with van der Waals surface area (Å²) in [5, 5.41) is 9.70. The van der Waals surface area contributed by atoms with Crippen LogP contribution in [0.25, 0.3) is 0 Å². The quantitative estimate of drug-likeness (QED) is 0.122. The Hall–Kier alpha value is -3.54. The van der Waals surface area contributed by atoms with Gasteiger partial charge in [-0.15, -0.1) is 0 Å². The number of carbonyl (C=O) groups excluding carboxylic acids is 3. The molecular weight excluding hydrogens is 550 g/mol. The summed E-state index contributed by atoms with van der Waals surface area (Å²) in [4.78, 5) is 49.0. The second-order valence-electron chi connectivity index (χ2n) is 11.2. The topological polar surface area (TPSA) is 170 Å². The van der Waals surface area contributed by atoms with E-state index in [4.69, 9.17) is 34.2 Å². The van der Waals surface area contributed by atoms with Gasteiger partial charge in [0.2, 0.25) is 0 Å². The largest absolute Gasteiger partial charge is 0.513 e. The second kappa shape index (κ2) is 17.4. The highest BCUT2D eigenvalue weighted by Crippen LogP contribution is 2.35. The third kappa shape index (κ3) is 13.0. The first kappa shape index (κ1) is 36.5. The van der Waals surface area contributed by atoms with Gasteiger partial charge in [-0.25, -0.2) is 14.4 Å². The summed E-state index contributed by atoms with van der Waals surface area (Å²) in [6, 6.07) is 2.73. The van der Waals surface area contributed by atoms with Gasteiger partial charge < -0.3 is 39.3 Å². The van der Waals surface area contributed by atoms with Crippen molar-refractivity contribution in [2.75, 3.05) is 13.2 Å². The molecule has 0 radical (unpaired) electrons. The van der Waals surface area contributed by atoms with Crippen LogP contribution in [0.2, 0.25) is 0 Å². The van der Waals surface area contributed by atoms with E-state index in [-0.39, 0.29) is 43.0 Å². The zero-order valence-corrected chi connectivity index (χ0v) is 26.0. The van der Waals surface area contributed by atoms with Crippen LogP contribution in [0.3, 0.4) is 0 Å². The van der Waals surface area contributed by atoms with Crippen molar-refractivity contribution in [1.82, 2.24) is 0 Å². The van der Waals surface area contributed by atoms with Gasteiger partial charge in [0.05, 0.1) is 13.2 Å². The molecule has 3 N–H and O–H groups in total. The average Bonchev–Trinajstić information content (AvgIpc) is 2.93. The lowest BCUT2D eigenvalue weighted by Crippen LogP contribution is -2.38. The molecule has 5 atom stereocenters. The maximum atomic E-state index is 12.5. The molecule has 0 saturated heterocycles. The highest BCUT2D eigenvalue weighted by molar-refractivity contribution is 5.75. The highest BCUT2D eigenvalue weighted by Gasteiger charge is 2.31. The number of benzene rings is 1. The molecule has 42 heavy (non-hydrogen) atoms. The monoisotopic (exact) mass is 597 g/mol. The van der Waals surface area contributed by atoms with Gasteiger partial charge >= 0.3 is 24.4 Å². The molecule has 0 saturated carbocycles. The lowest BCUT2D eigenvalue weighted by molar-refractivity contribution is -0.139. The van der Waals surface area contributed by atoms with Crippen molar-refractivity contribution < 1.29 is 52.7 Å². The lowest BCUT2D eigenvalue weighted by atomic mass is 9.87. The normalized spacial score (nSPS) is 14.9. The summed E-state index contributed by atoms with van der Waals surface area (Å²) >= 11 is 0. The summed E-state index contributed by atoms with van der Waals surface area (Å²) in [6.07, 6.45) is -1.62. The number of ether oxygens (including phenoxy) is 6. The molecule has 0 bridgehead atoms. The fourth-order valence-corrected chi connectivity index (χ4v) is 3.37. The van der Waals surface area contributed by atoms with Gasteiger partial charge in [-0.1, -0.05) is 53.5 Å². The average molecular weight is 598 g/mol. The standard InChI is InChI=1S/C30H47NO11/c1-9-18(4)16-37-27(34)40-23-13-12-21(15-24(23)41-28(35)38-17-19(5)10-2)22(25(31)26(32)33)14-20(6)39-29(36)42-30(7,8)11-3/h12-13,15,18-20,22,25H,9-11,14,16-17,31H2,1-8H3,(H,32,33)/t18?,19?,20?,22?,25-/m0/s1. The first-order valence-corrected chi connectivity index (χ1v) is 14.3. The molecule has 0 heterocycles. The number of nitrogens with two attached hydrogens (primary N) is 1. The van der Waals surface area contributed by atoms with E-state index in [1.165, 1.54) is 18.2 Å². The third-order valence-electron chi connectivity index (χ3n) is 6.96. The van der Waals surface area contributed by atoms with E-state index in [2.05, 4.69) is 0 Å². The van der Waals surface area contributed by atoms with E-state index in [0.717, 1.165) is 12.8 Å². The van der Waals surface area contributed by atoms with E-state index < -0.39 is 48.1 Å². The Bertz CT molecular complexity index is 1040. The molecule has 0 aliphatic heterocycles. The van der Waals surface area contributed by atoms with Gasteiger partial charge in [-0.2, -0.15) is 0 Å². The molecule has 12 heteroatoms. The Morgan fingerprint density at radius 3 is 1.86 bits per heavy atom. The molecule has 0 amide bonds. The van der Waals surface area contributed by atoms with Crippen LogP contribution in [0.4, 0.5) is 14.4 Å². The molecule has 0 fully saturated rings. The predicted octanol–water partition coefficient (Wildman–Crippen LogP) is 6.43. The lowest BCUT2D eigenvalue weighted by Gasteiger charge is -2.27. The predicted molar refractivity (Wildman–Crippen MR) is 154 cm³/mol. The van der Waals surface area contributed by atoms with Crippen LogP contribution in [0, 0.1) is 11.8 Å². The fourth-order valence-electron chi connectivity index (χ4n) is 3.37. The van der Waals surface area contributed by atoms with Gasteiger partial charge in [0.15, 0.2) is 11.5 Å². The first-order valence-electron chi connectivity index (χ1n) is 14.3. The Labute approximate surface area is 248 Å². The van der Waals surface area contributed by atoms with Gasteiger partial charge in [0.1, 0.15) is 17.7 Å². The van der Waals surface area contributed by atoms with Crippen LogP contribution in [0.5, 0.6) is 11.5 Å². The molecule has 0 spiro atoms. The van der Waals surface area contributed by atoms with E-state index >= 15 is 0 Å². The van der Waals surface area contributed by atoms with Crippen LogP contribution in [-0.2, 0) is 23.7 Å². The molecule has 4 unspecified atom stereocenters. The minimum atomic E-state index is -1.42. The molecule has 12 nitrogen and oxygen atoms in total. The minimum Gasteiger partial charge on any atom is -0.480 e. The summed E-state index contributed by atoms with van der Waals surface area (Å²) in [5.41, 5.74) is 5.62. The molecule has 0 aliphatic rings. The number of hydrogen-bond donors (Lipinski definition) is 2. The SMILES string of the molecule is CCC(C)COC(=O)Oc1ccc(C(CC(C)OC(=O)OC(C)(C)CC)[C@H](N)C(=O)O)cc1OC(=O)OCC(C)CC. The molecule has 0 aliphatic carbocycles. The van der Waals surface area contributed by atoms with E-state index in [9.17, 15) is 24.3 Å². The van der Waals surface area contributed by atoms with Crippen molar-refractivity contribution in [3.8, 4) is 11.5 Å². The Morgan fingerprint density at radius 1 is 0.857 bits per heavy atom. The molecule has 238 valence electrons. The van der Waals surface area contributed by atoms with E-state index in [0.29, 0.717) is 12.0 Å². The van der Waals surface area contributed by atoms with Crippen molar-refractivity contribution in [2.24, 2.45) is 17.6 Å². The number of aliphatic carboxylic acids is 1. The van der Waals surface area contributed by atoms with Crippen molar-refractivity contribution in [3.05, 3.63) is 23.8 Å². The van der Waals surface area contributed by atoms with Gasteiger partial charge in [-0.05, 0) is 63.1 Å². The number of rotatable bonds is 16. The van der Waals surface area contributed by atoms with E-state index in [1.807, 2.05) is 34.6 Å². The first-order chi connectivity index (χ1) is 19.6. The molecule has 1 aromatic rings. The van der Waals surface area contributed by atoms with Crippen molar-refractivity contribution in [2.45, 2.75) is 105 Å².